The number of epoxide rings is 1. The Bertz CT molecular complexity index is 108. The van der Waals surface area contributed by atoms with Gasteiger partial charge in [0.1, 0.15) is 5.60 Å². The van der Waals surface area contributed by atoms with Crippen molar-refractivity contribution >= 4 is 0 Å². The zero-order chi connectivity index (χ0) is 8.16. The first-order chi connectivity index (χ1) is 5.33. The normalized spacial score (nSPS) is 28.9. The summed E-state index contributed by atoms with van der Waals surface area (Å²) in [4.78, 5) is 0. The van der Waals surface area contributed by atoms with Gasteiger partial charge >= 0.3 is 0 Å². The Morgan fingerprint density at radius 3 is 2.64 bits per heavy atom. The number of unbranched alkanes of at least 4 members (excludes halogenated alkanes) is 1. The Kier molecular flexibility index (Phi) is 3.34. The van der Waals surface area contributed by atoms with Crippen LogP contribution in [0.3, 0.4) is 0 Å². The highest BCUT2D eigenvalue weighted by molar-refractivity contribution is 4.90. The maximum absolute atomic E-state index is 5.47. The zero-order valence-electron chi connectivity index (χ0n) is 7.56. The van der Waals surface area contributed by atoms with Gasteiger partial charge in [-0.15, -0.1) is 0 Å². The summed E-state index contributed by atoms with van der Waals surface area (Å²) in [7, 11) is 0. The maximum atomic E-state index is 5.47. The minimum atomic E-state index is 0.119. The van der Waals surface area contributed by atoms with E-state index in [0.717, 1.165) is 26.2 Å². The van der Waals surface area contributed by atoms with Gasteiger partial charge in [0, 0.05) is 6.61 Å². The third-order valence-corrected chi connectivity index (χ3v) is 2.20. The summed E-state index contributed by atoms with van der Waals surface area (Å²) in [5.41, 5.74) is 0.119. The second-order valence-electron chi connectivity index (χ2n) is 3.23. The SMILES string of the molecule is CCCCOCC1(CC)CO1. The molecular formula is C9H18O2. The Morgan fingerprint density at radius 2 is 2.18 bits per heavy atom. The predicted octanol–water partition coefficient (Wildman–Crippen LogP) is 1.98. The van der Waals surface area contributed by atoms with Crippen LogP contribution in [0.2, 0.25) is 0 Å². The molecule has 0 bridgehead atoms. The molecule has 0 aromatic heterocycles. The lowest BCUT2D eigenvalue weighted by Crippen LogP contribution is -2.18. The van der Waals surface area contributed by atoms with E-state index in [4.69, 9.17) is 9.47 Å². The van der Waals surface area contributed by atoms with Crippen LogP contribution in [0.1, 0.15) is 33.1 Å². The van der Waals surface area contributed by atoms with Crippen LogP contribution in [-0.2, 0) is 9.47 Å². The Balaban J connectivity index is 1.94. The van der Waals surface area contributed by atoms with Crippen LogP contribution < -0.4 is 0 Å². The van der Waals surface area contributed by atoms with Crippen molar-refractivity contribution in [1.82, 2.24) is 0 Å². The Labute approximate surface area is 68.9 Å². The lowest BCUT2D eigenvalue weighted by atomic mass is 10.1. The van der Waals surface area contributed by atoms with Gasteiger partial charge in [0.25, 0.3) is 0 Å². The summed E-state index contributed by atoms with van der Waals surface area (Å²) in [6.07, 6.45) is 3.46. The first-order valence-electron chi connectivity index (χ1n) is 4.55. The molecule has 2 nitrogen and oxygen atoms in total. The molecule has 0 aromatic carbocycles. The number of hydrogen-bond acceptors (Lipinski definition) is 2. The van der Waals surface area contributed by atoms with Crippen molar-refractivity contribution in [2.75, 3.05) is 19.8 Å². The van der Waals surface area contributed by atoms with Gasteiger partial charge in [-0.2, -0.15) is 0 Å². The van der Waals surface area contributed by atoms with Crippen molar-refractivity contribution in [3.05, 3.63) is 0 Å². The molecule has 1 unspecified atom stereocenters. The quantitative estimate of drug-likeness (QED) is 0.435. The molecule has 0 N–H and O–H groups in total. The van der Waals surface area contributed by atoms with Crippen LogP contribution in [0.4, 0.5) is 0 Å². The van der Waals surface area contributed by atoms with E-state index in [-0.39, 0.29) is 5.60 Å². The summed E-state index contributed by atoms with van der Waals surface area (Å²) >= 11 is 0. The largest absolute Gasteiger partial charge is 0.378 e. The molecule has 0 amide bonds. The van der Waals surface area contributed by atoms with E-state index in [9.17, 15) is 0 Å². The molecule has 66 valence electrons. The summed E-state index contributed by atoms with van der Waals surface area (Å²) in [5, 5.41) is 0. The molecule has 1 heterocycles. The zero-order valence-corrected chi connectivity index (χ0v) is 7.56. The molecule has 1 fully saturated rings. The van der Waals surface area contributed by atoms with Gasteiger partial charge in [-0.1, -0.05) is 20.3 Å². The van der Waals surface area contributed by atoms with Gasteiger partial charge in [-0.3, -0.25) is 0 Å². The number of hydrogen-bond donors (Lipinski definition) is 0. The topological polar surface area (TPSA) is 21.8 Å². The Morgan fingerprint density at radius 1 is 1.45 bits per heavy atom. The molecular weight excluding hydrogens is 140 g/mol. The molecule has 2 heteroatoms. The van der Waals surface area contributed by atoms with Crippen LogP contribution in [0, 0.1) is 0 Å². The molecule has 1 aliphatic rings. The molecule has 1 rings (SSSR count). The standard InChI is InChI=1S/C9H18O2/c1-3-5-6-10-7-9(4-2)8-11-9/h3-8H2,1-2H3. The van der Waals surface area contributed by atoms with Gasteiger partial charge in [-0.05, 0) is 12.8 Å². The highest BCUT2D eigenvalue weighted by Gasteiger charge is 2.42. The van der Waals surface area contributed by atoms with Crippen LogP contribution >= 0.6 is 0 Å². The highest BCUT2D eigenvalue weighted by atomic mass is 16.6. The van der Waals surface area contributed by atoms with Gasteiger partial charge in [-0.25, -0.2) is 0 Å². The fraction of sp³-hybridized carbons (Fsp3) is 1.00. The molecule has 0 aromatic rings. The van der Waals surface area contributed by atoms with E-state index in [2.05, 4.69) is 13.8 Å². The minimum absolute atomic E-state index is 0.119. The van der Waals surface area contributed by atoms with E-state index >= 15 is 0 Å². The average Bonchev–Trinajstić information content (AvgIpc) is 2.80. The van der Waals surface area contributed by atoms with Crippen molar-refractivity contribution in [2.24, 2.45) is 0 Å². The van der Waals surface area contributed by atoms with Crippen molar-refractivity contribution in [3.63, 3.8) is 0 Å². The van der Waals surface area contributed by atoms with Crippen LogP contribution in [0.5, 0.6) is 0 Å². The van der Waals surface area contributed by atoms with E-state index in [1.54, 1.807) is 0 Å². The first-order valence-corrected chi connectivity index (χ1v) is 4.55. The van der Waals surface area contributed by atoms with Crippen molar-refractivity contribution in [3.8, 4) is 0 Å². The fourth-order valence-electron chi connectivity index (χ4n) is 0.996. The highest BCUT2D eigenvalue weighted by Crippen LogP contribution is 2.30. The molecule has 0 aliphatic carbocycles. The van der Waals surface area contributed by atoms with Gasteiger partial charge in [0.2, 0.25) is 0 Å². The molecule has 1 saturated heterocycles. The monoisotopic (exact) mass is 158 g/mol. The van der Waals surface area contributed by atoms with E-state index in [0.29, 0.717) is 0 Å². The van der Waals surface area contributed by atoms with Crippen LogP contribution in [-0.4, -0.2) is 25.4 Å². The molecule has 1 atom stereocenters. The van der Waals surface area contributed by atoms with E-state index in [1.165, 1.54) is 12.8 Å². The van der Waals surface area contributed by atoms with E-state index in [1.807, 2.05) is 0 Å². The van der Waals surface area contributed by atoms with Crippen molar-refractivity contribution in [1.29, 1.82) is 0 Å². The summed E-state index contributed by atoms with van der Waals surface area (Å²) < 4.78 is 10.8. The van der Waals surface area contributed by atoms with Crippen LogP contribution in [0.25, 0.3) is 0 Å². The van der Waals surface area contributed by atoms with Gasteiger partial charge in [0.15, 0.2) is 0 Å². The third-order valence-electron chi connectivity index (χ3n) is 2.20. The fourth-order valence-corrected chi connectivity index (χ4v) is 0.996. The molecule has 0 saturated carbocycles. The summed E-state index contributed by atoms with van der Waals surface area (Å²) in [5.74, 6) is 0. The molecule has 1 aliphatic heterocycles. The lowest BCUT2D eigenvalue weighted by molar-refractivity contribution is 0.0750. The predicted molar refractivity (Wildman–Crippen MR) is 44.7 cm³/mol. The first kappa shape index (κ1) is 9.01. The average molecular weight is 158 g/mol. The van der Waals surface area contributed by atoms with Gasteiger partial charge < -0.3 is 9.47 Å². The maximum Gasteiger partial charge on any atom is 0.115 e. The molecule has 0 spiro atoms. The minimum Gasteiger partial charge on any atom is -0.378 e. The van der Waals surface area contributed by atoms with Crippen molar-refractivity contribution < 1.29 is 9.47 Å². The lowest BCUT2D eigenvalue weighted by Gasteiger charge is -2.08. The Hall–Kier alpha value is -0.0800. The van der Waals surface area contributed by atoms with Crippen molar-refractivity contribution in [2.45, 2.75) is 38.7 Å². The van der Waals surface area contributed by atoms with Crippen LogP contribution in [0.15, 0.2) is 0 Å². The second kappa shape index (κ2) is 4.07. The third kappa shape index (κ3) is 2.80. The summed E-state index contributed by atoms with van der Waals surface area (Å²) in [6, 6.07) is 0. The smallest absolute Gasteiger partial charge is 0.115 e. The number of ether oxygens (including phenoxy) is 2. The van der Waals surface area contributed by atoms with Gasteiger partial charge in [0.05, 0.1) is 13.2 Å². The number of rotatable bonds is 6. The van der Waals surface area contributed by atoms with E-state index < -0.39 is 0 Å². The second-order valence-corrected chi connectivity index (χ2v) is 3.23. The summed E-state index contributed by atoms with van der Waals surface area (Å²) in [6.45, 7) is 6.91. The molecule has 0 radical (unpaired) electrons. The molecule has 11 heavy (non-hydrogen) atoms.